The summed E-state index contributed by atoms with van der Waals surface area (Å²) in [7, 11) is 0. The van der Waals surface area contributed by atoms with E-state index in [1.54, 1.807) is 12.2 Å². The highest BCUT2D eigenvalue weighted by atomic mass is 16.3. The third kappa shape index (κ3) is 1.93. The molecule has 5 rings (SSSR count). The molecule has 2 N–H and O–H groups in total. The molecule has 3 heteroatoms. The van der Waals surface area contributed by atoms with Crippen molar-refractivity contribution < 1.29 is 15.0 Å². The number of benzene rings is 4. The number of rotatable bonds is 2. The molecule has 3 nitrogen and oxygen atoms in total. The van der Waals surface area contributed by atoms with E-state index < -0.39 is 12.2 Å². The van der Waals surface area contributed by atoms with Crippen LogP contribution in [0.25, 0.3) is 44.5 Å². The number of aliphatic hydroxyl groups excluding tert-OH is 2. The van der Waals surface area contributed by atoms with Crippen LogP contribution in [0, 0.1) is 0 Å². The number of hydrogen-bond donors (Lipinski definition) is 2. The molecule has 2 unspecified atom stereocenters. The van der Waals surface area contributed by atoms with Crippen molar-refractivity contribution in [3.8, 4) is 0 Å². The van der Waals surface area contributed by atoms with Crippen molar-refractivity contribution in [3.63, 3.8) is 0 Å². The molecule has 0 aromatic heterocycles. The first kappa shape index (κ1) is 15.3. The maximum absolute atomic E-state index is 10.9. The van der Waals surface area contributed by atoms with Crippen LogP contribution in [0.15, 0.2) is 54.6 Å². The summed E-state index contributed by atoms with van der Waals surface area (Å²) < 4.78 is 0. The van der Waals surface area contributed by atoms with E-state index in [-0.39, 0.29) is 0 Å². The first-order valence-corrected chi connectivity index (χ1v) is 8.60. The van der Waals surface area contributed by atoms with Crippen LogP contribution < -0.4 is 0 Å². The standard InChI is InChI=1S/C23H16O3/c24-12-2-5-15-16-8-6-13-3-1-4-14-7-9-17(21(16)20(13)14)18-10-11-19(25)23(26)22(15)18/h1-12,19,23,25-26H. The van der Waals surface area contributed by atoms with Crippen molar-refractivity contribution in [1.82, 2.24) is 0 Å². The van der Waals surface area contributed by atoms with E-state index in [1.165, 1.54) is 11.5 Å². The molecular formula is C23H16O3. The van der Waals surface area contributed by atoms with Crippen LogP contribution in [0.4, 0.5) is 0 Å². The van der Waals surface area contributed by atoms with Gasteiger partial charge < -0.3 is 10.2 Å². The van der Waals surface area contributed by atoms with Crippen molar-refractivity contribution in [3.05, 3.63) is 71.3 Å². The van der Waals surface area contributed by atoms with E-state index in [1.807, 2.05) is 18.2 Å². The van der Waals surface area contributed by atoms with Gasteiger partial charge in [-0.05, 0) is 55.1 Å². The normalized spacial score (nSPS) is 19.8. The van der Waals surface area contributed by atoms with Gasteiger partial charge >= 0.3 is 0 Å². The first-order chi connectivity index (χ1) is 12.7. The zero-order valence-corrected chi connectivity index (χ0v) is 13.9. The zero-order chi connectivity index (χ0) is 17.8. The van der Waals surface area contributed by atoms with Crippen LogP contribution in [0.1, 0.15) is 22.8 Å². The summed E-state index contributed by atoms with van der Waals surface area (Å²) in [6.07, 6.45) is 5.40. The molecule has 4 aromatic rings. The van der Waals surface area contributed by atoms with Gasteiger partial charge in [0.2, 0.25) is 0 Å². The van der Waals surface area contributed by atoms with E-state index in [0.29, 0.717) is 5.56 Å². The average Bonchev–Trinajstić information content (AvgIpc) is 2.67. The van der Waals surface area contributed by atoms with Gasteiger partial charge in [0.05, 0.1) is 0 Å². The number of carbonyl (C=O) groups is 1. The van der Waals surface area contributed by atoms with E-state index in [2.05, 4.69) is 30.3 Å². The fraction of sp³-hybridized carbons (Fsp3) is 0.0870. The minimum atomic E-state index is -1.02. The van der Waals surface area contributed by atoms with Gasteiger partial charge in [0.15, 0.2) is 0 Å². The number of aldehydes is 1. The largest absolute Gasteiger partial charge is 0.386 e. The lowest BCUT2D eigenvalue weighted by atomic mass is 9.81. The Kier molecular flexibility index (Phi) is 3.23. The summed E-state index contributed by atoms with van der Waals surface area (Å²) in [5.74, 6) is 0. The summed E-state index contributed by atoms with van der Waals surface area (Å²) in [5.41, 5.74) is 2.36. The molecule has 0 saturated carbocycles. The van der Waals surface area contributed by atoms with Gasteiger partial charge in [0.1, 0.15) is 18.5 Å². The molecule has 0 aliphatic heterocycles. The number of fused-ring (bicyclic) bond motifs is 2. The fourth-order valence-electron chi connectivity index (χ4n) is 4.25. The molecular weight excluding hydrogens is 324 g/mol. The van der Waals surface area contributed by atoms with Crippen LogP contribution >= 0.6 is 0 Å². The molecule has 2 atom stereocenters. The molecule has 0 spiro atoms. The minimum absolute atomic E-state index is 0.670. The summed E-state index contributed by atoms with van der Waals surface area (Å²) >= 11 is 0. The number of aliphatic hydroxyl groups is 2. The molecule has 0 bridgehead atoms. The Morgan fingerprint density at radius 3 is 2.35 bits per heavy atom. The van der Waals surface area contributed by atoms with Crippen LogP contribution in [0.2, 0.25) is 0 Å². The second-order valence-electron chi connectivity index (χ2n) is 6.71. The van der Waals surface area contributed by atoms with Crippen molar-refractivity contribution in [2.24, 2.45) is 0 Å². The SMILES string of the molecule is O=CC=Cc1c2c(c3ccc4cccc5ccc1c3c54)C=CC(O)C2O. The molecule has 0 amide bonds. The smallest absolute Gasteiger partial charge is 0.142 e. The predicted molar refractivity (Wildman–Crippen MR) is 105 cm³/mol. The Hall–Kier alpha value is -3.01. The van der Waals surface area contributed by atoms with Crippen LogP contribution in [-0.4, -0.2) is 22.6 Å². The van der Waals surface area contributed by atoms with Crippen molar-refractivity contribution >= 4 is 50.8 Å². The Morgan fingerprint density at radius 2 is 1.62 bits per heavy atom. The molecule has 26 heavy (non-hydrogen) atoms. The molecule has 0 saturated heterocycles. The van der Waals surface area contributed by atoms with E-state index >= 15 is 0 Å². The fourth-order valence-corrected chi connectivity index (χ4v) is 4.25. The molecule has 1 aliphatic rings. The second kappa shape index (κ2) is 5.49. The van der Waals surface area contributed by atoms with E-state index in [9.17, 15) is 15.0 Å². The third-order valence-electron chi connectivity index (χ3n) is 5.36. The van der Waals surface area contributed by atoms with Gasteiger partial charge in [-0.2, -0.15) is 0 Å². The summed E-state index contributed by atoms with van der Waals surface area (Å²) in [5, 5.41) is 27.5. The van der Waals surface area contributed by atoms with Gasteiger partial charge in [0.25, 0.3) is 0 Å². The van der Waals surface area contributed by atoms with Gasteiger partial charge in [0, 0.05) is 0 Å². The Morgan fingerprint density at radius 1 is 0.885 bits per heavy atom. The third-order valence-corrected chi connectivity index (χ3v) is 5.36. The lowest BCUT2D eigenvalue weighted by Crippen LogP contribution is -2.21. The lowest BCUT2D eigenvalue weighted by molar-refractivity contribution is -0.104. The van der Waals surface area contributed by atoms with E-state index in [0.717, 1.165) is 44.3 Å². The Bertz CT molecular complexity index is 1220. The van der Waals surface area contributed by atoms with Crippen LogP contribution in [0.3, 0.4) is 0 Å². The molecule has 0 radical (unpaired) electrons. The monoisotopic (exact) mass is 340 g/mol. The highest BCUT2D eigenvalue weighted by Crippen LogP contribution is 2.44. The molecule has 1 aliphatic carbocycles. The molecule has 126 valence electrons. The Labute approximate surface area is 149 Å². The molecule has 0 heterocycles. The van der Waals surface area contributed by atoms with Gasteiger partial charge in [-0.1, -0.05) is 60.7 Å². The Balaban J connectivity index is 2.07. The predicted octanol–water partition coefficient (Wildman–Crippen LogP) is 4.22. The minimum Gasteiger partial charge on any atom is -0.386 e. The summed E-state index contributed by atoms with van der Waals surface area (Å²) in [4.78, 5) is 10.9. The van der Waals surface area contributed by atoms with Crippen LogP contribution in [0.5, 0.6) is 0 Å². The van der Waals surface area contributed by atoms with Gasteiger partial charge in [-0.25, -0.2) is 0 Å². The highest BCUT2D eigenvalue weighted by molar-refractivity contribution is 6.26. The zero-order valence-electron chi connectivity index (χ0n) is 13.9. The highest BCUT2D eigenvalue weighted by Gasteiger charge is 2.28. The van der Waals surface area contributed by atoms with Crippen LogP contribution in [-0.2, 0) is 4.79 Å². The van der Waals surface area contributed by atoms with Gasteiger partial charge in [-0.15, -0.1) is 0 Å². The van der Waals surface area contributed by atoms with E-state index in [4.69, 9.17) is 0 Å². The van der Waals surface area contributed by atoms with Crippen molar-refractivity contribution in [2.45, 2.75) is 12.2 Å². The van der Waals surface area contributed by atoms with Crippen molar-refractivity contribution in [1.29, 1.82) is 0 Å². The number of allylic oxidation sites excluding steroid dienone is 1. The average molecular weight is 340 g/mol. The maximum Gasteiger partial charge on any atom is 0.142 e. The first-order valence-electron chi connectivity index (χ1n) is 8.60. The quantitative estimate of drug-likeness (QED) is 0.326. The summed E-state index contributed by atoms with van der Waals surface area (Å²) in [6, 6.07) is 14.5. The topological polar surface area (TPSA) is 57.5 Å². The van der Waals surface area contributed by atoms with Crippen molar-refractivity contribution in [2.75, 3.05) is 0 Å². The lowest BCUT2D eigenvalue weighted by Gasteiger charge is -2.27. The molecule has 0 fully saturated rings. The summed E-state index contributed by atoms with van der Waals surface area (Å²) in [6.45, 7) is 0. The van der Waals surface area contributed by atoms with Gasteiger partial charge in [-0.3, -0.25) is 4.79 Å². The number of carbonyl (C=O) groups excluding carboxylic acids is 1. The number of hydrogen-bond acceptors (Lipinski definition) is 3. The molecule has 4 aromatic carbocycles. The maximum atomic E-state index is 10.9. The second-order valence-corrected chi connectivity index (χ2v) is 6.71.